The molecule has 0 aliphatic carbocycles. The lowest BCUT2D eigenvalue weighted by molar-refractivity contribution is -0.00922. The Kier molecular flexibility index (Phi) is 5.35. The van der Waals surface area contributed by atoms with Crippen molar-refractivity contribution in [3.05, 3.63) is 0 Å². The van der Waals surface area contributed by atoms with Crippen molar-refractivity contribution in [2.75, 3.05) is 19.7 Å². The molecule has 0 saturated carbocycles. The summed E-state index contributed by atoms with van der Waals surface area (Å²) in [5, 5.41) is 12.5. The number of nitrogens with one attached hydrogen (secondary N) is 1. The van der Waals surface area contributed by atoms with E-state index in [0.717, 1.165) is 19.6 Å². The van der Waals surface area contributed by atoms with E-state index < -0.39 is 0 Å². The highest BCUT2D eigenvalue weighted by atomic mass is 16.5. The third kappa shape index (κ3) is 4.07. The molecule has 1 aliphatic heterocycles. The van der Waals surface area contributed by atoms with E-state index in [1.807, 2.05) is 0 Å². The molecular formula is C10H21NO2. The zero-order valence-electron chi connectivity index (χ0n) is 8.46. The molecule has 1 rings (SSSR count). The third-order valence-electron chi connectivity index (χ3n) is 2.46. The summed E-state index contributed by atoms with van der Waals surface area (Å²) >= 11 is 0. The first kappa shape index (κ1) is 11.0. The maximum Gasteiger partial charge on any atom is 0.0970 e. The Morgan fingerprint density at radius 3 is 2.77 bits per heavy atom. The summed E-state index contributed by atoms with van der Waals surface area (Å²) in [6.45, 7) is 4.48. The standard InChI is InChI=1S/C10H21NO2/c1-2-3-4-5-6-13-10-8-11-7-9(10)12/h9-12H,2-8H2,1H3. The minimum atomic E-state index is -0.300. The molecule has 2 unspecified atom stereocenters. The minimum absolute atomic E-state index is 0.0293. The van der Waals surface area contributed by atoms with E-state index in [0.29, 0.717) is 6.54 Å². The molecule has 1 aliphatic rings. The molecule has 0 spiro atoms. The largest absolute Gasteiger partial charge is 0.389 e. The molecule has 2 N–H and O–H groups in total. The van der Waals surface area contributed by atoms with Crippen molar-refractivity contribution in [3.63, 3.8) is 0 Å². The fourth-order valence-corrected chi connectivity index (χ4v) is 1.57. The molecule has 1 fully saturated rings. The highest BCUT2D eigenvalue weighted by molar-refractivity contribution is 4.80. The zero-order chi connectivity index (χ0) is 9.52. The van der Waals surface area contributed by atoms with Gasteiger partial charge in [0, 0.05) is 19.7 Å². The van der Waals surface area contributed by atoms with E-state index in [9.17, 15) is 5.11 Å². The summed E-state index contributed by atoms with van der Waals surface area (Å²) < 4.78 is 5.55. The van der Waals surface area contributed by atoms with Crippen LogP contribution in [0.2, 0.25) is 0 Å². The van der Waals surface area contributed by atoms with Gasteiger partial charge in [-0.1, -0.05) is 26.2 Å². The van der Waals surface area contributed by atoms with Gasteiger partial charge < -0.3 is 15.2 Å². The normalized spacial score (nSPS) is 28.2. The number of aliphatic hydroxyl groups excluding tert-OH is 1. The Labute approximate surface area is 80.5 Å². The molecule has 0 amide bonds. The summed E-state index contributed by atoms with van der Waals surface area (Å²) in [5.74, 6) is 0. The molecule has 78 valence electrons. The lowest BCUT2D eigenvalue weighted by atomic mass is 10.2. The summed E-state index contributed by atoms with van der Waals surface area (Å²) in [4.78, 5) is 0. The maximum absolute atomic E-state index is 9.40. The smallest absolute Gasteiger partial charge is 0.0970 e. The first-order valence-corrected chi connectivity index (χ1v) is 5.35. The van der Waals surface area contributed by atoms with Gasteiger partial charge in [-0.25, -0.2) is 0 Å². The Balaban J connectivity index is 1.93. The van der Waals surface area contributed by atoms with Crippen LogP contribution < -0.4 is 5.32 Å². The first-order chi connectivity index (χ1) is 6.34. The summed E-state index contributed by atoms with van der Waals surface area (Å²) in [7, 11) is 0. The molecule has 0 bridgehead atoms. The lowest BCUT2D eigenvalue weighted by Gasteiger charge is -2.14. The van der Waals surface area contributed by atoms with Crippen LogP contribution in [0.15, 0.2) is 0 Å². The van der Waals surface area contributed by atoms with Gasteiger partial charge in [0.2, 0.25) is 0 Å². The molecule has 1 saturated heterocycles. The molecule has 3 nitrogen and oxygen atoms in total. The Hall–Kier alpha value is -0.120. The van der Waals surface area contributed by atoms with Gasteiger partial charge in [0.05, 0.1) is 12.2 Å². The van der Waals surface area contributed by atoms with Gasteiger partial charge in [-0.3, -0.25) is 0 Å². The Bertz CT molecular complexity index is 130. The predicted molar refractivity (Wildman–Crippen MR) is 52.8 cm³/mol. The number of unbranched alkanes of at least 4 members (excludes halogenated alkanes) is 3. The SMILES string of the molecule is CCCCCCOC1CNCC1O. The first-order valence-electron chi connectivity index (χ1n) is 5.35. The van der Waals surface area contributed by atoms with E-state index in [1.165, 1.54) is 19.3 Å². The number of ether oxygens (including phenoxy) is 1. The second-order valence-corrected chi connectivity index (χ2v) is 3.70. The van der Waals surface area contributed by atoms with Gasteiger partial charge >= 0.3 is 0 Å². The van der Waals surface area contributed by atoms with Crippen molar-refractivity contribution in [2.24, 2.45) is 0 Å². The molecule has 13 heavy (non-hydrogen) atoms. The molecule has 0 aromatic heterocycles. The number of rotatable bonds is 6. The molecule has 0 radical (unpaired) electrons. The molecular weight excluding hydrogens is 166 g/mol. The van der Waals surface area contributed by atoms with Crippen LogP contribution in [0.25, 0.3) is 0 Å². The van der Waals surface area contributed by atoms with E-state index in [-0.39, 0.29) is 12.2 Å². The average Bonchev–Trinajstić information content (AvgIpc) is 2.52. The Morgan fingerprint density at radius 1 is 1.31 bits per heavy atom. The van der Waals surface area contributed by atoms with Crippen molar-refractivity contribution in [1.29, 1.82) is 0 Å². The van der Waals surface area contributed by atoms with Crippen molar-refractivity contribution in [1.82, 2.24) is 5.32 Å². The van der Waals surface area contributed by atoms with Crippen LogP contribution in [0.4, 0.5) is 0 Å². The topological polar surface area (TPSA) is 41.5 Å². The third-order valence-corrected chi connectivity index (χ3v) is 2.46. The van der Waals surface area contributed by atoms with Crippen molar-refractivity contribution >= 4 is 0 Å². The van der Waals surface area contributed by atoms with Crippen LogP contribution >= 0.6 is 0 Å². The minimum Gasteiger partial charge on any atom is -0.389 e. The van der Waals surface area contributed by atoms with Gasteiger partial charge in [-0.05, 0) is 6.42 Å². The Morgan fingerprint density at radius 2 is 2.15 bits per heavy atom. The molecule has 0 aromatic rings. The van der Waals surface area contributed by atoms with Gasteiger partial charge in [0.25, 0.3) is 0 Å². The molecule has 1 heterocycles. The second-order valence-electron chi connectivity index (χ2n) is 3.70. The molecule has 0 aromatic carbocycles. The fourth-order valence-electron chi connectivity index (χ4n) is 1.57. The monoisotopic (exact) mass is 187 g/mol. The highest BCUT2D eigenvalue weighted by Crippen LogP contribution is 2.06. The van der Waals surface area contributed by atoms with Crippen molar-refractivity contribution < 1.29 is 9.84 Å². The van der Waals surface area contributed by atoms with Crippen LogP contribution in [-0.4, -0.2) is 37.0 Å². The fraction of sp³-hybridized carbons (Fsp3) is 1.00. The molecule has 3 heteroatoms. The maximum atomic E-state index is 9.40. The van der Waals surface area contributed by atoms with Crippen LogP contribution in [0, 0.1) is 0 Å². The van der Waals surface area contributed by atoms with Crippen LogP contribution in [0.5, 0.6) is 0 Å². The summed E-state index contributed by atoms with van der Waals surface area (Å²) in [6.07, 6.45) is 4.64. The highest BCUT2D eigenvalue weighted by Gasteiger charge is 2.24. The van der Waals surface area contributed by atoms with Crippen LogP contribution in [-0.2, 0) is 4.74 Å². The van der Waals surface area contributed by atoms with Gasteiger partial charge in [0.1, 0.15) is 0 Å². The summed E-state index contributed by atoms with van der Waals surface area (Å²) in [6, 6.07) is 0. The van der Waals surface area contributed by atoms with E-state index in [2.05, 4.69) is 12.2 Å². The predicted octanol–water partition coefficient (Wildman–Crippen LogP) is 0.916. The number of aliphatic hydroxyl groups is 1. The van der Waals surface area contributed by atoms with E-state index >= 15 is 0 Å². The zero-order valence-corrected chi connectivity index (χ0v) is 8.46. The quantitative estimate of drug-likeness (QED) is 0.607. The van der Waals surface area contributed by atoms with Gasteiger partial charge in [-0.15, -0.1) is 0 Å². The second kappa shape index (κ2) is 6.35. The molecule has 2 atom stereocenters. The van der Waals surface area contributed by atoms with Crippen molar-refractivity contribution in [2.45, 2.75) is 44.8 Å². The van der Waals surface area contributed by atoms with Crippen LogP contribution in [0.3, 0.4) is 0 Å². The van der Waals surface area contributed by atoms with Gasteiger partial charge in [0.15, 0.2) is 0 Å². The number of hydrogen-bond acceptors (Lipinski definition) is 3. The van der Waals surface area contributed by atoms with E-state index in [1.54, 1.807) is 0 Å². The average molecular weight is 187 g/mol. The number of hydrogen-bond donors (Lipinski definition) is 2. The van der Waals surface area contributed by atoms with Gasteiger partial charge in [-0.2, -0.15) is 0 Å². The van der Waals surface area contributed by atoms with Crippen molar-refractivity contribution in [3.8, 4) is 0 Å². The summed E-state index contributed by atoms with van der Waals surface area (Å²) in [5.41, 5.74) is 0. The van der Waals surface area contributed by atoms with E-state index in [4.69, 9.17) is 4.74 Å². The van der Waals surface area contributed by atoms with Crippen LogP contribution in [0.1, 0.15) is 32.6 Å². The lowest BCUT2D eigenvalue weighted by Crippen LogP contribution is -2.27. The number of β-amino-alcohol motifs (C(OH)–C–C–N with tert-alkyl or cyclic N) is 1.